The van der Waals surface area contributed by atoms with Crippen molar-refractivity contribution in [1.82, 2.24) is 15.1 Å². The molecule has 6 heteroatoms. The van der Waals surface area contributed by atoms with Gasteiger partial charge in [0.25, 0.3) is 11.8 Å². The summed E-state index contributed by atoms with van der Waals surface area (Å²) in [5.41, 5.74) is 4.07. The van der Waals surface area contributed by atoms with Gasteiger partial charge in [0.05, 0.1) is 0 Å². The van der Waals surface area contributed by atoms with Gasteiger partial charge in [-0.3, -0.25) is 9.59 Å². The summed E-state index contributed by atoms with van der Waals surface area (Å²) in [5, 5.41) is 3.42. The smallest absolute Gasteiger partial charge is 0.253 e. The van der Waals surface area contributed by atoms with Crippen LogP contribution in [0.25, 0.3) is 5.57 Å². The van der Waals surface area contributed by atoms with Crippen LogP contribution in [0.1, 0.15) is 72.4 Å². The Kier molecular flexibility index (Phi) is 7.60. The number of fused-ring (bicyclic) bond motifs is 1. The molecule has 1 saturated heterocycles. The van der Waals surface area contributed by atoms with E-state index in [9.17, 15) is 9.59 Å². The van der Waals surface area contributed by atoms with Crippen molar-refractivity contribution in [1.29, 1.82) is 0 Å². The van der Waals surface area contributed by atoms with E-state index in [1.807, 2.05) is 80.0 Å². The maximum absolute atomic E-state index is 13.0. The molecule has 0 unspecified atom stereocenters. The minimum Gasteiger partial charge on any atom is -0.482 e. The number of amides is 2. The summed E-state index contributed by atoms with van der Waals surface area (Å²) >= 11 is 0. The van der Waals surface area contributed by atoms with E-state index < -0.39 is 5.60 Å². The van der Waals surface area contributed by atoms with Crippen molar-refractivity contribution in [2.24, 2.45) is 0 Å². The van der Waals surface area contributed by atoms with Crippen LogP contribution >= 0.6 is 0 Å². The summed E-state index contributed by atoms with van der Waals surface area (Å²) in [4.78, 5) is 29.5. The lowest BCUT2D eigenvalue weighted by Crippen LogP contribution is -2.46. The number of nitrogens with zero attached hydrogens (tertiary/aromatic N) is 2. The summed E-state index contributed by atoms with van der Waals surface area (Å²) in [6.07, 6.45) is 3.98. The summed E-state index contributed by atoms with van der Waals surface area (Å²) in [5.74, 6) is 0.833. The molecule has 0 saturated carbocycles. The lowest BCUT2D eigenvalue weighted by atomic mass is 9.83. The molecule has 1 spiro atoms. The Balaban J connectivity index is 1.73. The number of hydrogen-bond acceptors (Lipinski definition) is 4. The summed E-state index contributed by atoms with van der Waals surface area (Å²) in [6, 6.07) is 13.7. The van der Waals surface area contributed by atoms with Gasteiger partial charge in [0.15, 0.2) is 0 Å². The highest BCUT2D eigenvalue weighted by atomic mass is 16.5. The first-order chi connectivity index (χ1) is 16.9. The van der Waals surface area contributed by atoms with Crippen molar-refractivity contribution in [2.75, 3.05) is 39.3 Å². The van der Waals surface area contributed by atoms with Crippen LogP contribution in [0, 0.1) is 0 Å². The average Bonchev–Trinajstić information content (AvgIpc) is 2.89. The van der Waals surface area contributed by atoms with Gasteiger partial charge in [0, 0.05) is 55.7 Å². The van der Waals surface area contributed by atoms with E-state index in [1.54, 1.807) is 0 Å². The van der Waals surface area contributed by atoms with Crippen molar-refractivity contribution in [2.45, 2.75) is 46.1 Å². The Bertz CT molecular complexity index is 1090. The fraction of sp³-hybridized carbons (Fsp3) is 0.448. The second kappa shape index (κ2) is 10.6. The fourth-order valence-corrected chi connectivity index (χ4v) is 5.07. The molecule has 6 nitrogen and oxygen atoms in total. The fourth-order valence-electron chi connectivity index (χ4n) is 5.07. The molecule has 2 aliphatic rings. The Hall–Kier alpha value is -3.12. The van der Waals surface area contributed by atoms with Crippen LogP contribution in [0.4, 0.5) is 0 Å². The average molecular weight is 476 g/mol. The summed E-state index contributed by atoms with van der Waals surface area (Å²) < 4.78 is 6.62. The van der Waals surface area contributed by atoms with Crippen LogP contribution in [0.2, 0.25) is 0 Å². The maximum atomic E-state index is 13.0. The number of rotatable bonds is 7. The Morgan fingerprint density at radius 2 is 1.37 bits per heavy atom. The van der Waals surface area contributed by atoms with E-state index in [2.05, 4.69) is 11.4 Å². The van der Waals surface area contributed by atoms with Crippen LogP contribution in [0.3, 0.4) is 0 Å². The van der Waals surface area contributed by atoms with Gasteiger partial charge in [-0.05, 0) is 88.3 Å². The van der Waals surface area contributed by atoms with Crippen molar-refractivity contribution in [3.63, 3.8) is 0 Å². The van der Waals surface area contributed by atoms with E-state index in [1.165, 1.54) is 0 Å². The predicted octanol–water partition coefficient (Wildman–Crippen LogP) is 4.60. The van der Waals surface area contributed by atoms with Crippen LogP contribution in [-0.2, 0) is 0 Å². The van der Waals surface area contributed by atoms with E-state index in [4.69, 9.17) is 4.74 Å². The SMILES string of the molecule is CCN(CC)C(=O)c1ccc(C2=CC3(CCNCC3)Oc3cc(C(=O)N(CC)CC)ccc32)cc1. The van der Waals surface area contributed by atoms with E-state index in [0.717, 1.165) is 48.4 Å². The van der Waals surface area contributed by atoms with E-state index >= 15 is 0 Å². The van der Waals surface area contributed by atoms with Gasteiger partial charge in [-0.15, -0.1) is 0 Å². The van der Waals surface area contributed by atoms with Crippen LogP contribution in [-0.4, -0.2) is 66.5 Å². The highest BCUT2D eigenvalue weighted by Gasteiger charge is 2.37. The monoisotopic (exact) mass is 475 g/mol. The van der Waals surface area contributed by atoms with Gasteiger partial charge >= 0.3 is 0 Å². The Labute approximate surface area is 208 Å². The largest absolute Gasteiger partial charge is 0.482 e. The summed E-state index contributed by atoms with van der Waals surface area (Å²) in [7, 11) is 0. The third kappa shape index (κ3) is 4.98. The summed E-state index contributed by atoms with van der Waals surface area (Å²) in [6.45, 7) is 12.5. The molecule has 2 aromatic carbocycles. The number of hydrogen-bond donors (Lipinski definition) is 1. The first-order valence-electron chi connectivity index (χ1n) is 12.9. The van der Waals surface area contributed by atoms with Gasteiger partial charge in [-0.25, -0.2) is 0 Å². The Morgan fingerprint density at radius 1 is 0.829 bits per heavy atom. The van der Waals surface area contributed by atoms with Crippen molar-refractivity contribution in [3.8, 4) is 5.75 Å². The molecule has 0 atom stereocenters. The third-order valence-corrected chi connectivity index (χ3v) is 7.23. The zero-order valence-electron chi connectivity index (χ0n) is 21.4. The van der Waals surface area contributed by atoms with Crippen molar-refractivity contribution >= 4 is 17.4 Å². The highest BCUT2D eigenvalue weighted by molar-refractivity contribution is 5.97. The molecule has 0 aromatic heterocycles. The van der Waals surface area contributed by atoms with Gasteiger partial charge in [0.2, 0.25) is 0 Å². The molecule has 2 aromatic rings. The van der Waals surface area contributed by atoms with Gasteiger partial charge in [-0.1, -0.05) is 12.1 Å². The quantitative estimate of drug-likeness (QED) is 0.636. The van der Waals surface area contributed by atoms with E-state index in [0.29, 0.717) is 37.3 Å². The molecule has 1 fully saturated rings. The van der Waals surface area contributed by atoms with Crippen molar-refractivity contribution < 1.29 is 14.3 Å². The molecular weight excluding hydrogens is 438 g/mol. The first-order valence-corrected chi connectivity index (χ1v) is 12.9. The molecule has 2 aliphatic heterocycles. The third-order valence-electron chi connectivity index (χ3n) is 7.23. The Morgan fingerprint density at radius 3 is 1.94 bits per heavy atom. The van der Waals surface area contributed by atoms with Crippen LogP contribution in [0.15, 0.2) is 48.5 Å². The van der Waals surface area contributed by atoms with Gasteiger partial charge in [0.1, 0.15) is 11.4 Å². The van der Waals surface area contributed by atoms with Gasteiger partial charge in [-0.2, -0.15) is 0 Å². The highest BCUT2D eigenvalue weighted by Crippen LogP contribution is 2.43. The molecule has 186 valence electrons. The topological polar surface area (TPSA) is 61.9 Å². The molecule has 1 N–H and O–H groups in total. The standard InChI is InChI=1S/C29H37N3O3/c1-5-31(6-2)27(33)22-11-9-21(10-12-22)25-20-29(15-17-30-18-16-29)35-26-19-23(13-14-24(25)26)28(34)32(7-3)8-4/h9-14,19-20,30H,5-8,15-18H2,1-4H3. The van der Waals surface area contributed by atoms with Crippen molar-refractivity contribution in [3.05, 3.63) is 70.8 Å². The molecule has 2 heterocycles. The number of piperidine rings is 1. The zero-order chi connectivity index (χ0) is 25.0. The predicted molar refractivity (Wildman–Crippen MR) is 140 cm³/mol. The molecule has 35 heavy (non-hydrogen) atoms. The molecular formula is C29H37N3O3. The number of carbonyl (C=O) groups is 2. The zero-order valence-corrected chi connectivity index (χ0v) is 21.4. The first kappa shape index (κ1) is 25.0. The van der Waals surface area contributed by atoms with E-state index in [-0.39, 0.29) is 11.8 Å². The molecule has 0 radical (unpaired) electrons. The molecule has 2 amide bonds. The molecule has 0 aliphatic carbocycles. The molecule has 0 bridgehead atoms. The minimum absolute atomic E-state index is 0.0242. The lowest BCUT2D eigenvalue weighted by Gasteiger charge is -2.40. The maximum Gasteiger partial charge on any atom is 0.253 e. The molecule has 4 rings (SSSR count). The normalized spacial score (nSPS) is 16.2. The number of benzene rings is 2. The number of carbonyl (C=O) groups excluding carboxylic acids is 2. The van der Waals surface area contributed by atoms with Gasteiger partial charge < -0.3 is 19.9 Å². The number of nitrogens with one attached hydrogen (secondary N) is 1. The second-order valence-electron chi connectivity index (χ2n) is 9.22. The van der Waals surface area contributed by atoms with Crippen LogP contribution in [0.5, 0.6) is 5.75 Å². The minimum atomic E-state index is -0.403. The number of ether oxygens (including phenoxy) is 1. The second-order valence-corrected chi connectivity index (χ2v) is 9.22. The van der Waals surface area contributed by atoms with Crippen LogP contribution < -0.4 is 10.1 Å². The lowest BCUT2D eigenvalue weighted by molar-refractivity contribution is 0.0754.